The second kappa shape index (κ2) is 22.2. The third-order valence-corrected chi connectivity index (χ3v) is 8.46. The highest BCUT2D eigenvalue weighted by atomic mass is 16.8. The minimum Gasteiger partial charge on any atom is -0.382 e. The van der Waals surface area contributed by atoms with Gasteiger partial charge in [-0.2, -0.15) is 0 Å². The van der Waals surface area contributed by atoms with Gasteiger partial charge in [0, 0.05) is 85.3 Å². The molecule has 2 saturated heterocycles. The highest BCUT2D eigenvalue weighted by Gasteiger charge is 2.52. The Morgan fingerprint density at radius 2 is 0.870 bits per heavy atom. The Labute approximate surface area is 273 Å². The molecular formula is C30H58O16. The second-order valence-electron chi connectivity index (χ2n) is 10.8. The highest BCUT2D eigenvalue weighted by Crippen LogP contribution is 2.33. The smallest absolute Gasteiger partial charge is 0.187 e. The molecule has 0 radical (unpaired) electrons. The van der Waals surface area contributed by atoms with Crippen LogP contribution in [0.3, 0.4) is 0 Å². The van der Waals surface area contributed by atoms with Gasteiger partial charge in [0.1, 0.15) is 73.2 Å². The maximum atomic E-state index is 6.67. The Balaban J connectivity index is 2.41. The van der Waals surface area contributed by atoms with Crippen LogP contribution in [0.1, 0.15) is 0 Å². The number of ether oxygens (including phenoxy) is 16. The summed E-state index contributed by atoms with van der Waals surface area (Å²) in [5, 5.41) is 0. The van der Waals surface area contributed by atoms with Crippen LogP contribution in [0.15, 0.2) is 0 Å². The molecule has 0 aromatic heterocycles. The summed E-state index contributed by atoms with van der Waals surface area (Å²) in [4.78, 5) is 0. The average molecular weight is 675 g/mol. The molecule has 2 heterocycles. The Hall–Kier alpha value is -0.640. The van der Waals surface area contributed by atoms with E-state index in [1.807, 2.05) is 0 Å². The lowest BCUT2D eigenvalue weighted by molar-refractivity contribution is -0.353. The molecule has 0 amide bonds. The maximum Gasteiger partial charge on any atom is 0.187 e. The zero-order valence-corrected chi connectivity index (χ0v) is 29.4. The summed E-state index contributed by atoms with van der Waals surface area (Å²) in [5.74, 6) is 0. The van der Waals surface area contributed by atoms with Gasteiger partial charge in [0.25, 0.3) is 0 Å². The minimum absolute atomic E-state index is 0.00148. The molecule has 0 bridgehead atoms. The molecule has 16 nitrogen and oxygen atoms in total. The number of hydrogen-bond donors (Lipinski definition) is 0. The lowest BCUT2D eigenvalue weighted by Crippen LogP contribution is -2.64. The Morgan fingerprint density at radius 3 is 1.28 bits per heavy atom. The summed E-state index contributed by atoms with van der Waals surface area (Å²) in [6.45, 7) is 0.682. The molecule has 274 valence electrons. The first kappa shape index (κ1) is 41.5. The highest BCUT2D eigenvalue weighted by molar-refractivity contribution is 4.96. The Bertz CT molecular complexity index is 781. The lowest BCUT2D eigenvalue weighted by Gasteiger charge is -2.48. The first-order valence-electron chi connectivity index (χ1n) is 15.1. The molecular weight excluding hydrogens is 616 g/mol. The van der Waals surface area contributed by atoms with Crippen molar-refractivity contribution in [3.8, 4) is 0 Å². The Morgan fingerprint density at radius 1 is 0.435 bits per heavy atom. The van der Waals surface area contributed by atoms with Crippen molar-refractivity contribution < 1.29 is 75.8 Å². The molecule has 0 saturated carbocycles. The summed E-state index contributed by atoms with van der Waals surface area (Å²) in [6, 6.07) is 0. The summed E-state index contributed by atoms with van der Waals surface area (Å²) < 4.78 is 94.3. The van der Waals surface area contributed by atoms with Crippen molar-refractivity contribution in [3.63, 3.8) is 0 Å². The van der Waals surface area contributed by atoms with Crippen LogP contribution in [0.5, 0.6) is 0 Å². The molecule has 0 aliphatic carbocycles. The first-order valence-corrected chi connectivity index (χ1v) is 15.1. The van der Waals surface area contributed by atoms with Crippen LogP contribution in [-0.4, -0.2) is 198 Å². The largest absolute Gasteiger partial charge is 0.382 e. The summed E-state index contributed by atoms with van der Waals surface area (Å²) >= 11 is 0. The molecule has 0 aromatic rings. The van der Waals surface area contributed by atoms with E-state index in [9.17, 15) is 0 Å². The molecule has 2 aliphatic heterocycles. The van der Waals surface area contributed by atoms with Gasteiger partial charge in [-0.15, -0.1) is 0 Å². The summed E-state index contributed by atoms with van der Waals surface area (Å²) in [6.07, 6.45) is -9.11. The fraction of sp³-hybridized carbons (Fsp3) is 1.00. The van der Waals surface area contributed by atoms with Gasteiger partial charge >= 0.3 is 0 Å². The van der Waals surface area contributed by atoms with Gasteiger partial charge in [0.15, 0.2) is 12.6 Å². The molecule has 14 atom stereocenters. The molecule has 46 heavy (non-hydrogen) atoms. The monoisotopic (exact) mass is 674 g/mol. The third-order valence-electron chi connectivity index (χ3n) is 8.46. The maximum absolute atomic E-state index is 6.67. The molecule has 0 aromatic carbocycles. The topological polar surface area (TPSA) is 148 Å². The van der Waals surface area contributed by atoms with Crippen LogP contribution in [0.2, 0.25) is 0 Å². The molecule has 2 aliphatic rings. The lowest BCUT2D eigenvalue weighted by atomic mass is 9.97. The van der Waals surface area contributed by atoms with Crippen molar-refractivity contribution in [2.24, 2.45) is 0 Å². The van der Waals surface area contributed by atoms with Crippen molar-refractivity contribution >= 4 is 0 Å². The average Bonchev–Trinajstić information content (AvgIpc) is 3.07. The van der Waals surface area contributed by atoms with Crippen molar-refractivity contribution in [3.05, 3.63) is 0 Å². The van der Waals surface area contributed by atoms with Crippen molar-refractivity contribution in [1.82, 2.24) is 0 Å². The SMILES string of the molecule is COCC(OC)C(OC)C(OC1OC(COC2OC(COC)C(OC)C(OC)C2OC)C(OC)C(OC)C1OC)C(COC)OC. The van der Waals surface area contributed by atoms with E-state index in [0.717, 1.165) is 0 Å². The van der Waals surface area contributed by atoms with Crippen LogP contribution in [-0.2, 0) is 75.8 Å². The normalized spacial score (nSPS) is 34.7. The van der Waals surface area contributed by atoms with Crippen LogP contribution in [0, 0.1) is 0 Å². The van der Waals surface area contributed by atoms with E-state index in [1.54, 1.807) is 85.3 Å². The van der Waals surface area contributed by atoms with E-state index in [1.165, 1.54) is 0 Å². The van der Waals surface area contributed by atoms with E-state index in [0.29, 0.717) is 0 Å². The standard InChI is InChI=1S/C30H58O16/c1-31-13-17(34-4)21(36-6)24(18(35-5)14-32-2)46-30-28(42-12)26(40-10)23(38-8)20(45-30)16-43-29-27(41-11)25(39-9)22(37-7)19(44-29)15-33-3/h17-30H,13-16H2,1-12H3. The number of methoxy groups -OCH3 is 12. The molecule has 14 unspecified atom stereocenters. The third kappa shape index (κ3) is 10.2. The predicted octanol–water partition coefficient (Wildman–Crippen LogP) is -0.0878. The van der Waals surface area contributed by atoms with Gasteiger partial charge in [0.2, 0.25) is 0 Å². The van der Waals surface area contributed by atoms with Gasteiger partial charge in [-0.25, -0.2) is 0 Å². The van der Waals surface area contributed by atoms with E-state index in [-0.39, 0.29) is 26.4 Å². The van der Waals surface area contributed by atoms with Gasteiger partial charge in [-0.05, 0) is 0 Å². The second-order valence-corrected chi connectivity index (χ2v) is 10.8. The summed E-state index contributed by atoms with van der Waals surface area (Å²) in [5.41, 5.74) is 0. The fourth-order valence-corrected chi connectivity index (χ4v) is 6.18. The van der Waals surface area contributed by atoms with Crippen LogP contribution < -0.4 is 0 Å². The van der Waals surface area contributed by atoms with Gasteiger partial charge < -0.3 is 75.8 Å². The zero-order chi connectivity index (χ0) is 34.2. The van der Waals surface area contributed by atoms with Gasteiger partial charge in [-0.3, -0.25) is 0 Å². The number of rotatable bonds is 23. The minimum atomic E-state index is -0.997. The predicted molar refractivity (Wildman–Crippen MR) is 161 cm³/mol. The van der Waals surface area contributed by atoms with Crippen molar-refractivity contribution in [1.29, 1.82) is 0 Å². The Kier molecular flexibility index (Phi) is 20.0. The van der Waals surface area contributed by atoms with Gasteiger partial charge in [-0.1, -0.05) is 0 Å². The molecule has 2 rings (SSSR count). The van der Waals surface area contributed by atoms with Crippen molar-refractivity contribution in [2.75, 3.05) is 112 Å². The van der Waals surface area contributed by atoms with Crippen molar-refractivity contribution in [2.45, 2.75) is 85.8 Å². The molecule has 16 heteroatoms. The first-order chi connectivity index (χ1) is 22.3. The van der Waals surface area contributed by atoms with E-state index >= 15 is 0 Å². The summed E-state index contributed by atoms with van der Waals surface area (Å²) in [7, 11) is 18.8. The number of hydrogen-bond acceptors (Lipinski definition) is 16. The van der Waals surface area contributed by atoms with E-state index in [4.69, 9.17) is 75.8 Å². The van der Waals surface area contributed by atoms with Crippen LogP contribution >= 0.6 is 0 Å². The fourth-order valence-electron chi connectivity index (χ4n) is 6.18. The van der Waals surface area contributed by atoms with E-state index < -0.39 is 85.8 Å². The van der Waals surface area contributed by atoms with E-state index in [2.05, 4.69) is 0 Å². The molecule has 0 spiro atoms. The zero-order valence-electron chi connectivity index (χ0n) is 29.4. The quantitative estimate of drug-likeness (QED) is 0.142. The van der Waals surface area contributed by atoms with Crippen LogP contribution in [0.4, 0.5) is 0 Å². The molecule has 0 N–H and O–H groups in total. The molecule has 2 fully saturated rings. The van der Waals surface area contributed by atoms with Crippen LogP contribution in [0.25, 0.3) is 0 Å². The van der Waals surface area contributed by atoms with Gasteiger partial charge in [0.05, 0.1) is 26.4 Å².